The lowest BCUT2D eigenvalue weighted by Gasteiger charge is -2.19. The Bertz CT molecular complexity index is 428. The van der Waals surface area contributed by atoms with Gasteiger partial charge in [0.2, 0.25) is 0 Å². The first-order chi connectivity index (χ1) is 7.99. The number of nitrogens with one attached hydrogen (secondary N) is 1. The maximum Gasteiger partial charge on any atom is 0.341 e. The number of benzene rings is 1. The van der Waals surface area contributed by atoms with Gasteiger partial charge in [-0.05, 0) is 36.1 Å². The van der Waals surface area contributed by atoms with Crippen LogP contribution in [0, 0.1) is 13.8 Å². The molecule has 0 aromatic heterocycles. The highest BCUT2D eigenvalue weighted by Crippen LogP contribution is 2.27. The number of hydrogen-bond acceptors (Lipinski definition) is 3. The van der Waals surface area contributed by atoms with Gasteiger partial charge in [-0.3, -0.25) is 9.73 Å². The number of aryl methyl sites for hydroxylation is 2. The van der Waals surface area contributed by atoms with Gasteiger partial charge in [-0.15, -0.1) is 0 Å². The van der Waals surface area contributed by atoms with Crippen molar-refractivity contribution in [3.8, 4) is 0 Å². The molecule has 0 bridgehead atoms. The smallest absolute Gasteiger partial charge is 0.273 e. The topological polar surface area (TPSA) is 35.6 Å². The molecule has 5 heteroatoms. The van der Waals surface area contributed by atoms with E-state index in [1.54, 1.807) is 7.05 Å². The predicted molar refractivity (Wildman–Crippen MR) is 70.4 cm³/mol. The van der Waals surface area contributed by atoms with Crippen LogP contribution in [0.15, 0.2) is 12.1 Å². The summed E-state index contributed by atoms with van der Waals surface area (Å²) in [6.45, 7) is 5.73. The van der Waals surface area contributed by atoms with Gasteiger partial charge >= 0.3 is 6.03 Å². The van der Waals surface area contributed by atoms with Crippen LogP contribution in [0.2, 0.25) is 0 Å². The number of hydrazine groups is 1. The highest BCUT2D eigenvalue weighted by Gasteiger charge is 2.23. The first-order valence-corrected chi connectivity index (χ1v) is 5.95. The van der Waals surface area contributed by atoms with Crippen LogP contribution in [0.5, 0.6) is 0 Å². The molecule has 4 nitrogen and oxygen atoms in total. The molecule has 0 fully saturated rings. The molecule has 17 heavy (non-hydrogen) atoms. The van der Waals surface area contributed by atoms with Crippen molar-refractivity contribution in [1.82, 2.24) is 14.7 Å². The van der Waals surface area contributed by atoms with E-state index >= 15 is 0 Å². The lowest BCUT2D eigenvalue weighted by molar-refractivity contribution is 0.168. The quantitative estimate of drug-likeness (QED) is 0.749. The zero-order chi connectivity index (χ0) is 12.6. The van der Waals surface area contributed by atoms with Crippen molar-refractivity contribution in [3.05, 3.63) is 34.4 Å². The molecule has 0 radical (unpaired) electrons. The van der Waals surface area contributed by atoms with Crippen LogP contribution in [-0.2, 0) is 13.1 Å². The average Bonchev–Trinajstić information content (AvgIpc) is 2.68. The summed E-state index contributed by atoms with van der Waals surface area (Å²) in [6, 6.07) is 4.05. The second-order valence-corrected chi connectivity index (χ2v) is 5.05. The zero-order valence-electron chi connectivity index (χ0n) is 10.3. The number of hydrogen-bond donors (Lipinski definition) is 2. The van der Waals surface area contributed by atoms with Crippen molar-refractivity contribution < 1.29 is 4.79 Å². The van der Waals surface area contributed by atoms with Gasteiger partial charge in [0.25, 0.3) is 0 Å². The lowest BCUT2D eigenvalue weighted by atomic mass is 10.0. The number of thiol groups is 1. The third-order valence-corrected chi connectivity index (χ3v) is 3.33. The second kappa shape index (κ2) is 4.58. The molecule has 0 atom stereocenters. The Balaban J connectivity index is 2.14. The Morgan fingerprint density at radius 3 is 2.18 bits per heavy atom. The van der Waals surface area contributed by atoms with Crippen molar-refractivity contribution in [1.29, 1.82) is 0 Å². The fourth-order valence-electron chi connectivity index (χ4n) is 2.09. The van der Waals surface area contributed by atoms with Gasteiger partial charge in [0, 0.05) is 20.1 Å². The van der Waals surface area contributed by atoms with Crippen LogP contribution in [0.1, 0.15) is 22.3 Å². The molecule has 2 amide bonds. The van der Waals surface area contributed by atoms with Crippen LogP contribution in [0.25, 0.3) is 0 Å². The molecule has 0 saturated carbocycles. The van der Waals surface area contributed by atoms with E-state index in [0.717, 1.165) is 13.1 Å². The summed E-state index contributed by atoms with van der Waals surface area (Å²) in [5, 5.41) is 1.92. The second-order valence-electron chi connectivity index (χ2n) is 4.45. The number of carbonyl (C=O) groups excluding carboxylic acids is 1. The Labute approximate surface area is 107 Å². The van der Waals surface area contributed by atoms with E-state index in [1.807, 2.05) is 5.01 Å². The minimum atomic E-state index is -0.212. The van der Waals surface area contributed by atoms with Gasteiger partial charge in [-0.25, -0.2) is 9.80 Å². The predicted octanol–water partition coefficient (Wildman–Crippen LogP) is 2.02. The summed E-state index contributed by atoms with van der Waals surface area (Å²) in [4.78, 5) is 11.5. The third kappa shape index (κ3) is 2.40. The molecule has 1 heterocycles. The fourth-order valence-corrected chi connectivity index (χ4v) is 2.14. The van der Waals surface area contributed by atoms with Gasteiger partial charge in [0.05, 0.1) is 0 Å². The number of fused-ring (bicyclic) bond motifs is 1. The number of rotatable bonds is 1. The summed E-state index contributed by atoms with van der Waals surface area (Å²) >= 11 is 3.96. The number of amides is 2. The number of urea groups is 1. The minimum Gasteiger partial charge on any atom is -0.273 e. The van der Waals surface area contributed by atoms with Crippen LogP contribution in [0.4, 0.5) is 4.79 Å². The molecule has 0 unspecified atom stereocenters. The number of nitrogens with zero attached hydrogens (tertiary/aromatic N) is 2. The van der Waals surface area contributed by atoms with E-state index in [9.17, 15) is 4.79 Å². The first-order valence-electron chi connectivity index (χ1n) is 5.55. The monoisotopic (exact) mass is 251 g/mol. The standard InChI is InChI=1S/C12H17N3OS/c1-8-4-5-9(2)11-7-15(6-10(8)11)13-12(16)14(3)17/h4-5,17H,6-7H2,1-3H3,(H,13,16). The van der Waals surface area contributed by atoms with Gasteiger partial charge in [0.15, 0.2) is 0 Å². The van der Waals surface area contributed by atoms with E-state index < -0.39 is 0 Å². The zero-order valence-corrected chi connectivity index (χ0v) is 11.2. The number of carbonyl (C=O) groups is 1. The molecule has 1 N–H and O–H groups in total. The maximum absolute atomic E-state index is 11.5. The Kier molecular flexibility index (Phi) is 3.31. The van der Waals surface area contributed by atoms with Crippen LogP contribution >= 0.6 is 12.8 Å². The van der Waals surface area contributed by atoms with Crippen LogP contribution in [-0.4, -0.2) is 22.4 Å². The lowest BCUT2D eigenvalue weighted by Crippen LogP contribution is -2.42. The maximum atomic E-state index is 11.5. The molecular weight excluding hydrogens is 234 g/mol. The van der Waals surface area contributed by atoms with Crippen molar-refractivity contribution >= 4 is 18.8 Å². The largest absolute Gasteiger partial charge is 0.341 e. The Morgan fingerprint density at radius 2 is 1.76 bits per heavy atom. The van der Waals surface area contributed by atoms with Gasteiger partial charge in [-0.2, -0.15) is 0 Å². The molecule has 0 aliphatic carbocycles. The Hall–Kier alpha value is -1.20. The van der Waals surface area contributed by atoms with Crippen molar-refractivity contribution in [2.45, 2.75) is 26.9 Å². The van der Waals surface area contributed by atoms with E-state index in [-0.39, 0.29) is 6.03 Å². The Morgan fingerprint density at radius 1 is 1.29 bits per heavy atom. The molecule has 1 aromatic carbocycles. The van der Waals surface area contributed by atoms with Crippen LogP contribution in [0.3, 0.4) is 0 Å². The van der Waals surface area contributed by atoms with E-state index in [4.69, 9.17) is 0 Å². The van der Waals surface area contributed by atoms with Gasteiger partial charge in [-0.1, -0.05) is 24.9 Å². The first kappa shape index (κ1) is 12.3. The minimum absolute atomic E-state index is 0.212. The summed E-state index contributed by atoms with van der Waals surface area (Å²) in [5.74, 6) is 0. The fraction of sp³-hybridized carbons (Fsp3) is 0.417. The average molecular weight is 251 g/mol. The van der Waals surface area contributed by atoms with Gasteiger partial charge < -0.3 is 0 Å². The molecule has 0 saturated heterocycles. The van der Waals surface area contributed by atoms with Gasteiger partial charge in [0.1, 0.15) is 0 Å². The van der Waals surface area contributed by atoms with Crippen LogP contribution < -0.4 is 5.43 Å². The summed E-state index contributed by atoms with van der Waals surface area (Å²) in [6.07, 6.45) is 0. The molecule has 1 aliphatic heterocycles. The van der Waals surface area contributed by atoms with E-state index in [1.165, 1.54) is 26.6 Å². The molecule has 1 aromatic rings. The highest BCUT2D eigenvalue weighted by molar-refractivity contribution is 7.78. The molecular formula is C12H17N3OS. The van der Waals surface area contributed by atoms with Crippen molar-refractivity contribution in [2.24, 2.45) is 0 Å². The molecule has 0 spiro atoms. The summed E-state index contributed by atoms with van der Waals surface area (Å²) < 4.78 is 1.24. The molecule has 92 valence electrons. The molecule has 1 aliphatic rings. The SMILES string of the molecule is Cc1ccc(C)c2c1CN(NC(=O)N(C)S)C2. The van der Waals surface area contributed by atoms with E-state index in [2.05, 4.69) is 44.2 Å². The highest BCUT2D eigenvalue weighted by atomic mass is 32.1. The van der Waals surface area contributed by atoms with Crippen molar-refractivity contribution in [3.63, 3.8) is 0 Å². The van der Waals surface area contributed by atoms with Crippen molar-refractivity contribution in [2.75, 3.05) is 7.05 Å². The van der Waals surface area contributed by atoms with E-state index in [0.29, 0.717) is 0 Å². The normalized spacial score (nSPS) is 14.6. The summed E-state index contributed by atoms with van der Waals surface area (Å²) in [7, 11) is 1.61. The summed E-state index contributed by atoms with van der Waals surface area (Å²) in [5.41, 5.74) is 8.03. The molecule has 2 rings (SSSR count). The third-order valence-electron chi connectivity index (χ3n) is 3.15.